The largest absolute Gasteiger partial charge is 0.444 e. The molecule has 0 unspecified atom stereocenters. The molecule has 1 amide bonds. The van der Waals surface area contributed by atoms with E-state index in [9.17, 15) is 4.79 Å². The second-order valence-electron chi connectivity index (χ2n) is 3.80. The summed E-state index contributed by atoms with van der Waals surface area (Å²) in [7, 11) is 1.60. The minimum atomic E-state index is -0.463. The monoisotopic (exact) mass is 321 g/mol. The van der Waals surface area contributed by atoms with Gasteiger partial charge < -0.3 is 4.74 Å². The van der Waals surface area contributed by atoms with E-state index in [1.807, 2.05) is 30.3 Å². The molecule has 1 heterocycles. The zero-order chi connectivity index (χ0) is 13.7. The molecule has 2 aromatic rings. The van der Waals surface area contributed by atoms with Crippen molar-refractivity contribution in [2.45, 2.75) is 6.61 Å². The first-order valence-corrected chi connectivity index (χ1v) is 6.38. The van der Waals surface area contributed by atoms with Crippen molar-refractivity contribution in [3.8, 4) is 0 Å². The summed E-state index contributed by atoms with van der Waals surface area (Å²) in [6, 6.07) is 11.1. The summed E-state index contributed by atoms with van der Waals surface area (Å²) >= 11 is 3.23. The standard InChI is InChI=1S/C13H12BrN3O2/c1-17(12-7-11(14)15-9-16-12)13(18)19-8-10-5-3-2-4-6-10/h2-7,9H,8H2,1H3. The highest BCUT2D eigenvalue weighted by atomic mass is 79.9. The van der Waals surface area contributed by atoms with Gasteiger partial charge in [0.25, 0.3) is 0 Å². The van der Waals surface area contributed by atoms with Gasteiger partial charge in [-0.1, -0.05) is 30.3 Å². The van der Waals surface area contributed by atoms with Crippen LogP contribution in [-0.4, -0.2) is 23.1 Å². The van der Waals surface area contributed by atoms with Crippen LogP contribution >= 0.6 is 15.9 Å². The minimum Gasteiger partial charge on any atom is -0.444 e. The summed E-state index contributed by atoms with van der Waals surface area (Å²) in [6.45, 7) is 0.232. The van der Waals surface area contributed by atoms with Gasteiger partial charge >= 0.3 is 6.09 Å². The molecule has 2 rings (SSSR count). The molecular formula is C13H12BrN3O2. The van der Waals surface area contributed by atoms with E-state index >= 15 is 0 Å². The third-order valence-electron chi connectivity index (χ3n) is 2.44. The molecule has 0 bridgehead atoms. The van der Waals surface area contributed by atoms with Gasteiger partial charge in [-0.15, -0.1) is 0 Å². The molecule has 98 valence electrons. The number of carbonyl (C=O) groups excluding carboxylic acids is 1. The van der Waals surface area contributed by atoms with Gasteiger partial charge in [0.15, 0.2) is 0 Å². The second-order valence-corrected chi connectivity index (χ2v) is 4.61. The van der Waals surface area contributed by atoms with Crippen LogP contribution in [0.3, 0.4) is 0 Å². The molecule has 1 aromatic heterocycles. The van der Waals surface area contributed by atoms with E-state index in [2.05, 4.69) is 25.9 Å². The first-order valence-electron chi connectivity index (χ1n) is 5.59. The Morgan fingerprint density at radius 2 is 2.05 bits per heavy atom. The number of aromatic nitrogens is 2. The fraction of sp³-hybridized carbons (Fsp3) is 0.154. The average Bonchev–Trinajstić information content (AvgIpc) is 2.45. The normalized spacial score (nSPS) is 10.0. The average molecular weight is 322 g/mol. The second kappa shape index (κ2) is 6.29. The Hall–Kier alpha value is -1.95. The van der Waals surface area contributed by atoms with Crippen LogP contribution < -0.4 is 4.90 Å². The van der Waals surface area contributed by atoms with Gasteiger partial charge in [-0.05, 0) is 21.5 Å². The topological polar surface area (TPSA) is 55.3 Å². The zero-order valence-electron chi connectivity index (χ0n) is 10.3. The molecule has 0 spiro atoms. The van der Waals surface area contributed by atoms with Gasteiger partial charge in [0.1, 0.15) is 23.4 Å². The van der Waals surface area contributed by atoms with Crippen LogP contribution in [0.4, 0.5) is 10.6 Å². The van der Waals surface area contributed by atoms with Crippen LogP contribution in [0.5, 0.6) is 0 Å². The molecule has 0 saturated carbocycles. The summed E-state index contributed by atoms with van der Waals surface area (Å²) < 4.78 is 5.81. The van der Waals surface area contributed by atoms with Crippen molar-refractivity contribution in [3.05, 3.63) is 52.9 Å². The van der Waals surface area contributed by atoms with Gasteiger partial charge in [-0.25, -0.2) is 14.8 Å². The highest BCUT2D eigenvalue weighted by Gasteiger charge is 2.14. The molecule has 0 radical (unpaired) electrons. The molecule has 5 nitrogen and oxygen atoms in total. The number of rotatable bonds is 3. The van der Waals surface area contributed by atoms with Crippen LogP contribution in [0.1, 0.15) is 5.56 Å². The summed E-state index contributed by atoms with van der Waals surface area (Å²) in [4.78, 5) is 21.1. The predicted octanol–water partition coefficient (Wildman–Crippen LogP) is 3.01. The summed E-state index contributed by atoms with van der Waals surface area (Å²) in [6.07, 6.45) is 0.912. The van der Waals surface area contributed by atoms with Gasteiger partial charge in [0.05, 0.1) is 0 Å². The third kappa shape index (κ3) is 3.75. The molecule has 0 saturated heterocycles. The predicted molar refractivity (Wildman–Crippen MR) is 74.8 cm³/mol. The number of carbonyl (C=O) groups is 1. The number of hydrogen-bond donors (Lipinski definition) is 0. The van der Waals surface area contributed by atoms with E-state index < -0.39 is 6.09 Å². The van der Waals surface area contributed by atoms with Crippen LogP contribution in [0.2, 0.25) is 0 Å². The molecular weight excluding hydrogens is 310 g/mol. The zero-order valence-corrected chi connectivity index (χ0v) is 11.9. The van der Waals surface area contributed by atoms with E-state index in [1.54, 1.807) is 13.1 Å². The maximum absolute atomic E-state index is 11.9. The number of nitrogens with zero attached hydrogens (tertiary/aromatic N) is 3. The lowest BCUT2D eigenvalue weighted by molar-refractivity contribution is 0.148. The minimum absolute atomic E-state index is 0.232. The Morgan fingerprint density at radius 1 is 1.32 bits per heavy atom. The highest BCUT2D eigenvalue weighted by molar-refractivity contribution is 9.10. The van der Waals surface area contributed by atoms with E-state index in [-0.39, 0.29) is 6.61 Å². The molecule has 19 heavy (non-hydrogen) atoms. The van der Waals surface area contributed by atoms with Gasteiger partial charge in [-0.2, -0.15) is 0 Å². The van der Waals surface area contributed by atoms with Gasteiger partial charge in [0.2, 0.25) is 0 Å². The van der Waals surface area contributed by atoms with Crippen LogP contribution in [-0.2, 0) is 11.3 Å². The van der Waals surface area contributed by atoms with E-state index in [0.717, 1.165) is 5.56 Å². The van der Waals surface area contributed by atoms with Crippen LogP contribution in [0, 0.1) is 0 Å². The molecule has 0 aliphatic carbocycles. The Balaban J connectivity index is 1.96. The van der Waals surface area contributed by atoms with Crippen molar-refractivity contribution in [3.63, 3.8) is 0 Å². The van der Waals surface area contributed by atoms with Crippen LogP contribution in [0.15, 0.2) is 47.3 Å². The van der Waals surface area contributed by atoms with E-state index in [4.69, 9.17) is 4.74 Å². The quantitative estimate of drug-likeness (QED) is 0.815. The molecule has 6 heteroatoms. The first-order chi connectivity index (χ1) is 9.16. The van der Waals surface area contributed by atoms with Crippen molar-refractivity contribution < 1.29 is 9.53 Å². The number of halogens is 1. The maximum atomic E-state index is 11.9. The smallest absolute Gasteiger partial charge is 0.415 e. The number of ether oxygens (including phenoxy) is 1. The highest BCUT2D eigenvalue weighted by Crippen LogP contribution is 2.14. The number of hydrogen-bond acceptors (Lipinski definition) is 4. The number of anilines is 1. The van der Waals surface area contributed by atoms with Crippen molar-refractivity contribution in [1.29, 1.82) is 0 Å². The Kier molecular flexibility index (Phi) is 4.46. The Morgan fingerprint density at radius 3 is 2.74 bits per heavy atom. The first kappa shape index (κ1) is 13.5. The van der Waals surface area contributed by atoms with E-state index in [1.165, 1.54) is 11.2 Å². The molecule has 0 atom stereocenters. The summed E-state index contributed by atoms with van der Waals surface area (Å²) in [5, 5.41) is 0. The molecule has 0 fully saturated rings. The van der Waals surface area contributed by atoms with Gasteiger partial charge in [-0.3, -0.25) is 4.90 Å². The summed E-state index contributed by atoms with van der Waals surface area (Å²) in [5.74, 6) is 0.472. The van der Waals surface area contributed by atoms with Crippen molar-refractivity contribution in [2.24, 2.45) is 0 Å². The molecule has 0 aliphatic heterocycles. The number of benzene rings is 1. The molecule has 1 aromatic carbocycles. The number of amides is 1. The van der Waals surface area contributed by atoms with Crippen molar-refractivity contribution in [2.75, 3.05) is 11.9 Å². The third-order valence-corrected chi connectivity index (χ3v) is 2.88. The van der Waals surface area contributed by atoms with Crippen LogP contribution in [0.25, 0.3) is 0 Å². The lowest BCUT2D eigenvalue weighted by atomic mass is 10.2. The lowest BCUT2D eigenvalue weighted by Crippen LogP contribution is -2.27. The molecule has 0 aliphatic rings. The summed E-state index contributed by atoms with van der Waals surface area (Å²) in [5.41, 5.74) is 0.938. The molecule has 0 N–H and O–H groups in total. The Labute approximate surface area is 119 Å². The Bertz CT molecular complexity index is 563. The fourth-order valence-corrected chi connectivity index (χ4v) is 1.71. The van der Waals surface area contributed by atoms with Gasteiger partial charge in [0, 0.05) is 13.1 Å². The van der Waals surface area contributed by atoms with E-state index in [0.29, 0.717) is 10.4 Å². The SMILES string of the molecule is CN(C(=O)OCc1ccccc1)c1cc(Br)ncn1. The van der Waals surface area contributed by atoms with Crippen molar-refractivity contribution >= 4 is 27.8 Å². The van der Waals surface area contributed by atoms with Crippen molar-refractivity contribution in [1.82, 2.24) is 9.97 Å². The maximum Gasteiger partial charge on any atom is 0.415 e. The fourth-order valence-electron chi connectivity index (χ4n) is 1.42. The lowest BCUT2D eigenvalue weighted by Gasteiger charge is -2.15.